The van der Waals surface area contributed by atoms with Crippen LogP contribution in [0.1, 0.15) is 0 Å². The summed E-state index contributed by atoms with van der Waals surface area (Å²) in [6.07, 6.45) is 0. The quantitative estimate of drug-likeness (QED) is 0.178. The molecular weight excluding hydrogens is 663 g/mol. The number of rotatable bonds is 5. The third-order valence-corrected chi connectivity index (χ3v) is 11.8. The Labute approximate surface area is 310 Å². The van der Waals surface area contributed by atoms with Crippen molar-refractivity contribution in [1.29, 1.82) is 0 Å². The lowest BCUT2D eigenvalue weighted by atomic mass is 9.95. The monoisotopic (exact) mass is 693 g/mol. The fourth-order valence-electron chi connectivity index (χ4n) is 8.15. The Balaban J connectivity index is 1.16. The Morgan fingerprint density at radius 3 is 2.04 bits per heavy atom. The largest absolute Gasteiger partial charge is 0.455 e. The van der Waals surface area contributed by atoms with Gasteiger partial charge in [0.25, 0.3) is 0 Å². The highest BCUT2D eigenvalue weighted by Crippen LogP contribution is 2.47. The van der Waals surface area contributed by atoms with Crippen LogP contribution in [-0.2, 0) is 0 Å². The molecule has 0 fully saturated rings. The van der Waals surface area contributed by atoms with Crippen LogP contribution in [0.2, 0.25) is 0 Å². The lowest BCUT2D eigenvalue weighted by Gasteiger charge is -2.28. The van der Waals surface area contributed by atoms with Crippen molar-refractivity contribution in [3.8, 4) is 22.3 Å². The molecule has 11 aromatic rings. The summed E-state index contributed by atoms with van der Waals surface area (Å²) in [5.41, 5.74) is 9.77. The number of hydrogen-bond donors (Lipinski definition) is 0. The first kappa shape index (κ1) is 30.0. The average Bonchev–Trinajstić information content (AvgIpc) is 3.80. The van der Waals surface area contributed by atoms with Gasteiger partial charge in [-0.3, -0.25) is 0 Å². The summed E-state index contributed by atoms with van der Waals surface area (Å²) in [6, 6.07) is 68.1. The van der Waals surface area contributed by atoms with Gasteiger partial charge in [-0.15, -0.1) is 11.3 Å². The maximum atomic E-state index is 6.66. The van der Waals surface area contributed by atoms with Crippen LogP contribution in [0.4, 0.5) is 17.1 Å². The van der Waals surface area contributed by atoms with E-state index in [0.29, 0.717) is 0 Å². The molecule has 0 bridgehead atoms. The topological polar surface area (TPSA) is 16.4 Å². The van der Waals surface area contributed by atoms with E-state index < -0.39 is 0 Å². The van der Waals surface area contributed by atoms with Crippen molar-refractivity contribution >= 4 is 92.1 Å². The fraction of sp³-hybridized carbons (Fsp3) is 0. The van der Waals surface area contributed by atoms with Crippen LogP contribution >= 0.6 is 11.3 Å². The van der Waals surface area contributed by atoms with Crippen molar-refractivity contribution in [2.45, 2.75) is 0 Å². The highest BCUT2D eigenvalue weighted by atomic mass is 32.1. The van der Waals surface area contributed by atoms with Crippen LogP contribution < -0.4 is 4.90 Å². The molecule has 0 radical (unpaired) electrons. The highest BCUT2D eigenvalue weighted by Gasteiger charge is 2.22. The second kappa shape index (κ2) is 11.9. The Bertz CT molecular complexity index is 3200. The number of nitrogens with zero attached hydrogens (tertiary/aromatic N) is 1. The van der Waals surface area contributed by atoms with Gasteiger partial charge in [0.1, 0.15) is 11.2 Å². The van der Waals surface area contributed by atoms with E-state index in [4.69, 9.17) is 4.42 Å². The standard InChI is InChI=1S/C50H31NOS/c1-2-13-34-29-36(24-23-32(34)11-1)35-14-9-15-37(30-35)51(38-26-28-48-44(31-38)41-18-6-8-22-47(41)53-48)45-20-7-5-17-40(45)42-19-10-21-46-49(42)43-27-25-33-12-3-4-16-39(33)50(43)52-46/h1-31H. The molecule has 0 aliphatic rings. The van der Waals surface area contributed by atoms with Crippen molar-refractivity contribution in [1.82, 2.24) is 0 Å². The summed E-state index contributed by atoms with van der Waals surface area (Å²) < 4.78 is 9.25. The maximum Gasteiger partial charge on any atom is 0.143 e. The number of para-hydroxylation sites is 1. The molecule has 0 unspecified atom stereocenters. The van der Waals surface area contributed by atoms with Gasteiger partial charge in [0.2, 0.25) is 0 Å². The van der Waals surface area contributed by atoms with Gasteiger partial charge in [-0.05, 0) is 93.5 Å². The summed E-state index contributed by atoms with van der Waals surface area (Å²) in [4.78, 5) is 2.43. The molecule has 248 valence electrons. The number of thiophene rings is 1. The summed E-state index contributed by atoms with van der Waals surface area (Å²) in [5.74, 6) is 0. The first-order chi connectivity index (χ1) is 26.3. The molecule has 0 aliphatic heterocycles. The van der Waals surface area contributed by atoms with Gasteiger partial charge >= 0.3 is 0 Å². The van der Waals surface area contributed by atoms with Gasteiger partial charge in [-0.1, -0.05) is 127 Å². The van der Waals surface area contributed by atoms with Crippen molar-refractivity contribution in [2.75, 3.05) is 4.90 Å². The van der Waals surface area contributed by atoms with E-state index in [9.17, 15) is 0 Å². The van der Waals surface area contributed by atoms with E-state index in [1.807, 2.05) is 11.3 Å². The van der Waals surface area contributed by atoms with E-state index in [-0.39, 0.29) is 0 Å². The number of anilines is 3. The molecule has 9 aromatic carbocycles. The minimum Gasteiger partial charge on any atom is -0.455 e. The molecule has 0 spiro atoms. The van der Waals surface area contributed by atoms with Crippen LogP contribution in [0.25, 0.3) is 85.9 Å². The van der Waals surface area contributed by atoms with Gasteiger partial charge in [-0.25, -0.2) is 0 Å². The predicted molar refractivity (Wildman–Crippen MR) is 227 cm³/mol. The van der Waals surface area contributed by atoms with Gasteiger partial charge in [0.05, 0.1) is 5.69 Å². The Morgan fingerprint density at radius 1 is 0.396 bits per heavy atom. The molecule has 2 nitrogen and oxygen atoms in total. The molecule has 53 heavy (non-hydrogen) atoms. The molecule has 11 rings (SSSR count). The van der Waals surface area contributed by atoms with Crippen molar-refractivity contribution in [2.24, 2.45) is 0 Å². The SMILES string of the molecule is c1cc(-c2ccc3ccccc3c2)cc(N(c2ccc3sc4ccccc4c3c2)c2ccccc2-c2cccc3oc4c5ccccc5ccc4c23)c1. The summed E-state index contributed by atoms with van der Waals surface area (Å²) in [6.45, 7) is 0. The number of fused-ring (bicyclic) bond motifs is 9. The van der Waals surface area contributed by atoms with Gasteiger partial charge in [0.15, 0.2) is 0 Å². The molecule has 2 heterocycles. The predicted octanol–water partition coefficient (Wildman–Crippen LogP) is 15.1. The second-order valence-corrected chi connectivity index (χ2v) is 14.8. The minimum atomic E-state index is 0.889. The third-order valence-electron chi connectivity index (χ3n) is 10.6. The van der Waals surface area contributed by atoms with E-state index >= 15 is 0 Å². The Morgan fingerprint density at radius 2 is 1.09 bits per heavy atom. The highest BCUT2D eigenvalue weighted by molar-refractivity contribution is 7.25. The summed E-state index contributed by atoms with van der Waals surface area (Å²) in [5, 5.41) is 9.60. The van der Waals surface area contributed by atoms with E-state index in [2.05, 4.69) is 193 Å². The van der Waals surface area contributed by atoms with Gasteiger partial charge in [-0.2, -0.15) is 0 Å². The molecule has 2 aromatic heterocycles. The first-order valence-corrected chi connectivity index (χ1v) is 18.8. The zero-order chi connectivity index (χ0) is 34.9. The maximum absolute atomic E-state index is 6.66. The third kappa shape index (κ3) is 4.86. The van der Waals surface area contributed by atoms with E-state index in [0.717, 1.165) is 55.5 Å². The Kier molecular flexibility index (Phi) is 6.76. The first-order valence-electron chi connectivity index (χ1n) is 18.0. The van der Waals surface area contributed by atoms with Crippen LogP contribution in [0, 0.1) is 0 Å². The lowest BCUT2D eigenvalue weighted by Crippen LogP contribution is -2.11. The van der Waals surface area contributed by atoms with Crippen molar-refractivity contribution in [3.63, 3.8) is 0 Å². The molecule has 0 saturated heterocycles. The zero-order valence-electron chi connectivity index (χ0n) is 28.7. The molecular formula is C50H31NOS. The minimum absolute atomic E-state index is 0.889. The summed E-state index contributed by atoms with van der Waals surface area (Å²) >= 11 is 1.85. The lowest BCUT2D eigenvalue weighted by molar-refractivity contribution is 0.673. The molecule has 3 heteroatoms. The normalized spacial score (nSPS) is 11.8. The number of hydrogen-bond acceptors (Lipinski definition) is 3. The van der Waals surface area contributed by atoms with Gasteiger partial charge in [0, 0.05) is 53.3 Å². The van der Waals surface area contributed by atoms with Crippen LogP contribution in [-0.4, -0.2) is 0 Å². The zero-order valence-corrected chi connectivity index (χ0v) is 29.5. The van der Waals surface area contributed by atoms with Gasteiger partial charge < -0.3 is 9.32 Å². The van der Waals surface area contributed by atoms with Crippen molar-refractivity contribution < 1.29 is 4.42 Å². The molecule has 0 aliphatic carbocycles. The van der Waals surface area contributed by atoms with E-state index in [1.54, 1.807) is 0 Å². The van der Waals surface area contributed by atoms with Crippen LogP contribution in [0.5, 0.6) is 0 Å². The van der Waals surface area contributed by atoms with Crippen LogP contribution in [0.3, 0.4) is 0 Å². The fourth-order valence-corrected chi connectivity index (χ4v) is 9.23. The Hall–Kier alpha value is -6.68. The van der Waals surface area contributed by atoms with E-state index in [1.165, 1.54) is 47.5 Å². The molecule has 0 amide bonds. The average molecular weight is 694 g/mol. The molecule has 0 saturated carbocycles. The molecule has 0 N–H and O–H groups in total. The van der Waals surface area contributed by atoms with Crippen molar-refractivity contribution in [3.05, 3.63) is 188 Å². The number of benzene rings is 9. The molecule has 0 atom stereocenters. The summed E-state index contributed by atoms with van der Waals surface area (Å²) in [7, 11) is 0. The smallest absolute Gasteiger partial charge is 0.143 e. The number of furan rings is 1. The van der Waals surface area contributed by atoms with Crippen LogP contribution in [0.15, 0.2) is 192 Å². The second-order valence-electron chi connectivity index (χ2n) is 13.7.